The maximum absolute atomic E-state index is 12.5. The molecule has 2 saturated carbocycles. The zero-order chi connectivity index (χ0) is 19.5. The second-order valence-electron chi connectivity index (χ2n) is 9.25. The molecule has 4 rings (SSSR count). The van der Waals surface area contributed by atoms with Crippen LogP contribution in [-0.4, -0.2) is 54.9 Å². The predicted octanol–water partition coefficient (Wildman–Crippen LogP) is 0.828. The molecule has 1 aliphatic heterocycles. The lowest BCUT2D eigenvalue weighted by molar-refractivity contribution is -0.307. The van der Waals surface area contributed by atoms with Crippen LogP contribution < -0.4 is 0 Å². The SMILES string of the molecule is C=C1C(C(C)C)=C[C@@]2(O)[C@@]3(C)CC(=O)O[C@@]4([C@H](O)[C@@H](C)CC[C@]34O)[C@@]12O. The lowest BCUT2D eigenvalue weighted by atomic mass is 9.55. The highest BCUT2D eigenvalue weighted by molar-refractivity contribution is 5.78. The van der Waals surface area contributed by atoms with E-state index in [9.17, 15) is 25.2 Å². The highest BCUT2D eigenvalue weighted by Gasteiger charge is 2.94. The number of rotatable bonds is 1. The average molecular weight is 364 g/mol. The fourth-order valence-electron chi connectivity index (χ4n) is 6.38. The zero-order valence-electron chi connectivity index (χ0n) is 15.7. The second kappa shape index (κ2) is 4.61. The van der Waals surface area contributed by atoms with Crippen molar-refractivity contribution in [2.24, 2.45) is 17.3 Å². The molecule has 7 atom stereocenters. The maximum Gasteiger partial charge on any atom is 0.307 e. The Morgan fingerprint density at radius 2 is 1.92 bits per heavy atom. The summed E-state index contributed by atoms with van der Waals surface area (Å²) in [6.45, 7) is 11.2. The van der Waals surface area contributed by atoms with Gasteiger partial charge in [-0.2, -0.15) is 0 Å². The number of hydrogen-bond acceptors (Lipinski definition) is 6. The molecule has 0 aromatic rings. The van der Waals surface area contributed by atoms with Crippen molar-refractivity contribution in [3.05, 3.63) is 23.8 Å². The molecule has 4 aliphatic rings. The van der Waals surface area contributed by atoms with E-state index >= 15 is 0 Å². The van der Waals surface area contributed by atoms with E-state index in [1.54, 1.807) is 13.8 Å². The molecule has 144 valence electrons. The van der Waals surface area contributed by atoms with E-state index < -0.39 is 39.9 Å². The summed E-state index contributed by atoms with van der Waals surface area (Å²) in [6, 6.07) is 0. The van der Waals surface area contributed by atoms with E-state index in [-0.39, 0.29) is 30.3 Å². The molecule has 1 saturated heterocycles. The van der Waals surface area contributed by atoms with E-state index in [4.69, 9.17) is 4.74 Å². The lowest BCUT2D eigenvalue weighted by Gasteiger charge is -2.59. The third-order valence-corrected chi connectivity index (χ3v) is 7.92. The summed E-state index contributed by atoms with van der Waals surface area (Å²) in [5.74, 6) is -1.01. The molecule has 0 radical (unpaired) electrons. The fraction of sp³-hybridized carbons (Fsp3) is 0.750. The summed E-state index contributed by atoms with van der Waals surface area (Å²) in [7, 11) is 0. The van der Waals surface area contributed by atoms with Crippen molar-refractivity contribution in [2.45, 2.75) is 75.5 Å². The number of aliphatic hydroxyl groups is 4. The van der Waals surface area contributed by atoms with Gasteiger partial charge in [0.25, 0.3) is 0 Å². The molecule has 26 heavy (non-hydrogen) atoms. The summed E-state index contributed by atoms with van der Waals surface area (Å²) in [5, 5.41) is 46.7. The number of ether oxygens (including phenoxy) is 1. The van der Waals surface area contributed by atoms with Gasteiger partial charge in [-0.15, -0.1) is 0 Å². The Labute approximate surface area is 153 Å². The second-order valence-corrected chi connectivity index (χ2v) is 9.25. The van der Waals surface area contributed by atoms with Crippen LogP contribution in [-0.2, 0) is 9.53 Å². The Kier molecular flexibility index (Phi) is 3.22. The van der Waals surface area contributed by atoms with Crippen LogP contribution in [0.1, 0.15) is 47.0 Å². The van der Waals surface area contributed by atoms with Crippen LogP contribution in [0.25, 0.3) is 0 Å². The average Bonchev–Trinajstić information content (AvgIpc) is 2.79. The van der Waals surface area contributed by atoms with Gasteiger partial charge in [-0.1, -0.05) is 34.3 Å². The Morgan fingerprint density at radius 1 is 1.31 bits per heavy atom. The van der Waals surface area contributed by atoms with Crippen LogP contribution in [0.4, 0.5) is 0 Å². The van der Waals surface area contributed by atoms with Crippen molar-refractivity contribution in [3.8, 4) is 0 Å². The van der Waals surface area contributed by atoms with Crippen LogP contribution in [0.15, 0.2) is 23.8 Å². The molecule has 3 fully saturated rings. The van der Waals surface area contributed by atoms with Crippen LogP contribution in [0.5, 0.6) is 0 Å². The first kappa shape index (κ1) is 18.2. The number of carbonyl (C=O) groups excluding carboxylic acids is 1. The van der Waals surface area contributed by atoms with Crippen LogP contribution in [0.2, 0.25) is 0 Å². The quantitative estimate of drug-likeness (QED) is 0.514. The largest absolute Gasteiger partial charge is 0.449 e. The van der Waals surface area contributed by atoms with Crippen molar-refractivity contribution in [3.63, 3.8) is 0 Å². The molecule has 0 aromatic carbocycles. The summed E-state index contributed by atoms with van der Waals surface area (Å²) in [5.41, 5.74) is -8.53. The van der Waals surface area contributed by atoms with Gasteiger partial charge in [-0.25, -0.2) is 0 Å². The smallest absolute Gasteiger partial charge is 0.307 e. The third kappa shape index (κ3) is 1.37. The van der Waals surface area contributed by atoms with E-state index in [1.165, 1.54) is 6.08 Å². The van der Waals surface area contributed by atoms with Crippen molar-refractivity contribution >= 4 is 5.97 Å². The van der Waals surface area contributed by atoms with Gasteiger partial charge in [0.05, 0.1) is 6.42 Å². The van der Waals surface area contributed by atoms with E-state index in [0.29, 0.717) is 12.0 Å². The fourth-order valence-corrected chi connectivity index (χ4v) is 6.38. The van der Waals surface area contributed by atoms with Gasteiger partial charge in [0.15, 0.2) is 5.60 Å². The molecule has 0 spiro atoms. The summed E-state index contributed by atoms with van der Waals surface area (Å²) >= 11 is 0. The molecular formula is C20H28O6. The van der Waals surface area contributed by atoms with Crippen LogP contribution in [0.3, 0.4) is 0 Å². The number of carbonyl (C=O) groups is 1. The van der Waals surface area contributed by atoms with Gasteiger partial charge in [-0.3, -0.25) is 4.79 Å². The highest BCUT2D eigenvalue weighted by Crippen LogP contribution is 2.76. The summed E-state index contributed by atoms with van der Waals surface area (Å²) in [6.07, 6.45) is 0.655. The van der Waals surface area contributed by atoms with Gasteiger partial charge in [0, 0.05) is 5.41 Å². The van der Waals surface area contributed by atoms with E-state index in [2.05, 4.69) is 6.58 Å². The van der Waals surface area contributed by atoms with Crippen molar-refractivity contribution < 1.29 is 30.0 Å². The molecule has 2 bridgehead atoms. The van der Waals surface area contributed by atoms with Crippen LogP contribution in [0, 0.1) is 17.3 Å². The maximum atomic E-state index is 12.5. The first-order chi connectivity index (χ1) is 11.8. The first-order valence-corrected chi connectivity index (χ1v) is 9.33. The predicted molar refractivity (Wildman–Crippen MR) is 92.9 cm³/mol. The van der Waals surface area contributed by atoms with Gasteiger partial charge < -0.3 is 25.2 Å². The number of hydrogen-bond donors (Lipinski definition) is 4. The standard InChI is InChI=1S/C20H28O6/c1-10(2)13-8-18(24)16(5)9-14(21)26-20(19(18,25)12(13)4)15(22)11(3)6-7-17(16,20)23/h8,10-11,15,22-25H,4,6-7,9H2,1-3,5H3/t11-,15+,16-,17-,18+,19+,20+/m0/s1. The van der Waals surface area contributed by atoms with Gasteiger partial charge >= 0.3 is 5.97 Å². The third-order valence-electron chi connectivity index (χ3n) is 7.92. The minimum absolute atomic E-state index is 0.0381. The van der Waals surface area contributed by atoms with Crippen molar-refractivity contribution in [1.82, 2.24) is 0 Å². The summed E-state index contributed by atoms with van der Waals surface area (Å²) in [4.78, 5) is 12.5. The molecule has 4 N–H and O–H groups in total. The number of aliphatic hydroxyl groups excluding tert-OH is 1. The molecule has 6 nitrogen and oxygen atoms in total. The molecule has 0 unspecified atom stereocenters. The Hall–Kier alpha value is -1.21. The molecule has 1 heterocycles. The topological polar surface area (TPSA) is 107 Å². The van der Waals surface area contributed by atoms with E-state index in [1.807, 2.05) is 13.8 Å². The van der Waals surface area contributed by atoms with Gasteiger partial charge in [-0.05, 0) is 41.9 Å². The number of fused-ring (bicyclic) bond motifs is 2. The Morgan fingerprint density at radius 3 is 2.50 bits per heavy atom. The van der Waals surface area contributed by atoms with Crippen molar-refractivity contribution in [1.29, 1.82) is 0 Å². The normalized spacial score (nSPS) is 55.5. The monoisotopic (exact) mass is 364 g/mol. The van der Waals surface area contributed by atoms with Crippen molar-refractivity contribution in [2.75, 3.05) is 0 Å². The molecule has 0 aromatic heterocycles. The highest BCUT2D eigenvalue weighted by atomic mass is 16.6. The molecule has 6 heteroatoms. The minimum atomic E-state index is -2.19. The zero-order valence-corrected chi connectivity index (χ0v) is 15.7. The molecule has 3 aliphatic carbocycles. The number of esters is 1. The van der Waals surface area contributed by atoms with Gasteiger partial charge in [0.1, 0.15) is 17.3 Å². The van der Waals surface area contributed by atoms with E-state index in [0.717, 1.165) is 0 Å². The molecular weight excluding hydrogens is 336 g/mol. The summed E-state index contributed by atoms with van der Waals surface area (Å²) < 4.78 is 5.66. The van der Waals surface area contributed by atoms with Crippen LogP contribution >= 0.6 is 0 Å². The Balaban J connectivity index is 2.11. The Bertz CT molecular complexity index is 757. The first-order valence-electron chi connectivity index (χ1n) is 9.33. The lowest BCUT2D eigenvalue weighted by Crippen LogP contribution is -2.77. The molecule has 0 amide bonds. The minimum Gasteiger partial charge on any atom is -0.449 e. The van der Waals surface area contributed by atoms with Gasteiger partial charge in [0.2, 0.25) is 5.60 Å².